The van der Waals surface area contributed by atoms with Crippen molar-refractivity contribution in [3.63, 3.8) is 0 Å². The van der Waals surface area contributed by atoms with Crippen LogP contribution in [0, 0.1) is 0 Å². The van der Waals surface area contributed by atoms with Crippen LogP contribution >= 0.6 is 0 Å². The first-order chi connectivity index (χ1) is 4.13. The van der Waals surface area contributed by atoms with Crippen LogP contribution in [0.25, 0.3) is 0 Å². The van der Waals surface area contributed by atoms with Crippen molar-refractivity contribution in [2.75, 3.05) is 0 Å². The predicted molar refractivity (Wildman–Crippen MR) is 37.0 cm³/mol. The quantitative estimate of drug-likeness (QED) is 0.463. The van der Waals surface area contributed by atoms with Crippen LogP contribution in [0.3, 0.4) is 0 Å². The van der Waals surface area contributed by atoms with Crippen molar-refractivity contribution in [1.82, 2.24) is 0 Å². The van der Waals surface area contributed by atoms with E-state index in [1.54, 1.807) is 13.0 Å². The van der Waals surface area contributed by atoms with E-state index < -0.39 is 5.60 Å². The molecule has 1 aliphatic carbocycles. The molecule has 1 rings (SSSR count). The smallest absolute Gasteiger partial charge is 0.0949 e. The van der Waals surface area contributed by atoms with Crippen molar-refractivity contribution in [3.8, 4) is 0 Å². The molecule has 3 N–H and O–H groups in total. The van der Waals surface area contributed by atoms with Gasteiger partial charge >= 0.3 is 0 Å². The second-order valence-corrected chi connectivity index (χ2v) is 2.81. The lowest BCUT2D eigenvalue weighted by atomic mass is 9.88. The van der Waals surface area contributed by atoms with Gasteiger partial charge < -0.3 is 10.8 Å². The summed E-state index contributed by atoms with van der Waals surface area (Å²) in [4.78, 5) is 0. The average molecular weight is 127 g/mol. The van der Waals surface area contributed by atoms with E-state index in [4.69, 9.17) is 5.73 Å². The summed E-state index contributed by atoms with van der Waals surface area (Å²) in [6, 6.07) is -0.0810. The highest BCUT2D eigenvalue weighted by atomic mass is 16.3. The van der Waals surface area contributed by atoms with Gasteiger partial charge in [-0.15, -0.1) is 0 Å². The number of rotatable bonds is 0. The van der Waals surface area contributed by atoms with E-state index in [9.17, 15) is 5.11 Å². The third-order valence-electron chi connectivity index (χ3n) is 1.85. The summed E-state index contributed by atoms with van der Waals surface area (Å²) in [6.45, 7) is 1.74. The second-order valence-electron chi connectivity index (χ2n) is 2.81. The summed E-state index contributed by atoms with van der Waals surface area (Å²) in [6.07, 6.45) is 5.64. The fourth-order valence-electron chi connectivity index (χ4n) is 1.01. The van der Waals surface area contributed by atoms with Crippen LogP contribution in [-0.2, 0) is 0 Å². The van der Waals surface area contributed by atoms with Crippen LogP contribution in [0.15, 0.2) is 12.2 Å². The lowest BCUT2D eigenvalue weighted by Gasteiger charge is -2.29. The Morgan fingerprint density at radius 2 is 2.44 bits per heavy atom. The molecule has 0 radical (unpaired) electrons. The topological polar surface area (TPSA) is 46.2 Å². The first-order valence-corrected chi connectivity index (χ1v) is 3.28. The van der Waals surface area contributed by atoms with Crippen LogP contribution in [0.4, 0.5) is 0 Å². The van der Waals surface area contributed by atoms with E-state index in [2.05, 4.69) is 0 Å². The molecule has 0 aromatic heterocycles. The second kappa shape index (κ2) is 2.12. The Kier molecular flexibility index (Phi) is 1.60. The van der Waals surface area contributed by atoms with Crippen LogP contribution < -0.4 is 5.73 Å². The van der Waals surface area contributed by atoms with Gasteiger partial charge in [0.05, 0.1) is 5.60 Å². The molecule has 52 valence electrons. The maximum atomic E-state index is 9.43. The summed E-state index contributed by atoms with van der Waals surface area (Å²) in [5, 5.41) is 9.43. The molecule has 0 heterocycles. The Balaban J connectivity index is 2.68. The molecule has 1 aliphatic rings. The Morgan fingerprint density at radius 1 is 1.78 bits per heavy atom. The molecule has 0 amide bonds. The maximum Gasteiger partial charge on any atom is 0.0949 e. The normalized spacial score (nSPS) is 43.2. The van der Waals surface area contributed by atoms with Gasteiger partial charge in [-0.1, -0.05) is 12.2 Å². The molecule has 2 nitrogen and oxygen atoms in total. The minimum absolute atomic E-state index is 0.0810. The molecule has 2 atom stereocenters. The molecule has 2 heteroatoms. The standard InChI is InChI=1S/C7H13NO/c1-7(9)5-3-2-4-6(7)8/h3,5-6,9H,2,4,8H2,1H3. The van der Waals surface area contributed by atoms with Gasteiger partial charge in [-0.05, 0) is 19.8 Å². The summed E-state index contributed by atoms with van der Waals surface area (Å²) >= 11 is 0. The monoisotopic (exact) mass is 127 g/mol. The third-order valence-corrected chi connectivity index (χ3v) is 1.85. The van der Waals surface area contributed by atoms with Gasteiger partial charge in [-0.3, -0.25) is 0 Å². The molecule has 2 unspecified atom stereocenters. The summed E-state index contributed by atoms with van der Waals surface area (Å²) < 4.78 is 0. The minimum atomic E-state index is -0.766. The number of hydrogen-bond donors (Lipinski definition) is 2. The fourth-order valence-corrected chi connectivity index (χ4v) is 1.01. The number of aliphatic hydroxyl groups is 1. The molecule has 0 aromatic carbocycles. The number of allylic oxidation sites excluding steroid dienone is 1. The molecule has 0 aliphatic heterocycles. The van der Waals surface area contributed by atoms with Gasteiger partial charge in [0.15, 0.2) is 0 Å². The Hall–Kier alpha value is -0.340. The summed E-state index contributed by atoms with van der Waals surface area (Å²) in [5.74, 6) is 0. The summed E-state index contributed by atoms with van der Waals surface area (Å²) in [5.41, 5.74) is 4.85. The zero-order chi connectivity index (χ0) is 6.91. The van der Waals surface area contributed by atoms with E-state index in [0.29, 0.717) is 0 Å². The average Bonchev–Trinajstić information content (AvgIpc) is 1.77. The van der Waals surface area contributed by atoms with Crippen molar-refractivity contribution in [3.05, 3.63) is 12.2 Å². The molecular weight excluding hydrogens is 114 g/mol. The van der Waals surface area contributed by atoms with E-state index in [1.165, 1.54) is 0 Å². The molecule has 0 saturated heterocycles. The maximum absolute atomic E-state index is 9.43. The number of nitrogens with two attached hydrogens (primary N) is 1. The zero-order valence-corrected chi connectivity index (χ0v) is 5.67. The van der Waals surface area contributed by atoms with Crippen LogP contribution in [0.2, 0.25) is 0 Å². The first kappa shape index (κ1) is 6.78. The van der Waals surface area contributed by atoms with Crippen molar-refractivity contribution >= 4 is 0 Å². The highest BCUT2D eigenvalue weighted by Gasteiger charge is 2.27. The predicted octanol–water partition coefficient (Wildman–Crippen LogP) is 0.415. The van der Waals surface area contributed by atoms with Crippen LogP contribution in [-0.4, -0.2) is 16.7 Å². The van der Waals surface area contributed by atoms with Crippen LogP contribution in [0.1, 0.15) is 19.8 Å². The first-order valence-electron chi connectivity index (χ1n) is 3.28. The molecule has 0 aromatic rings. The SMILES string of the molecule is CC1(O)C=CCCC1N. The third kappa shape index (κ3) is 1.32. The molecule has 0 fully saturated rings. The highest BCUT2D eigenvalue weighted by molar-refractivity contribution is 5.08. The zero-order valence-electron chi connectivity index (χ0n) is 5.67. The molecule has 9 heavy (non-hydrogen) atoms. The van der Waals surface area contributed by atoms with Gasteiger partial charge in [0.1, 0.15) is 0 Å². The largest absolute Gasteiger partial charge is 0.384 e. The Bertz CT molecular complexity index is 129. The van der Waals surface area contributed by atoms with Crippen molar-refractivity contribution in [2.45, 2.75) is 31.4 Å². The van der Waals surface area contributed by atoms with Gasteiger partial charge in [-0.25, -0.2) is 0 Å². The van der Waals surface area contributed by atoms with Crippen molar-refractivity contribution < 1.29 is 5.11 Å². The number of hydrogen-bond acceptors (Lipinski definition) is 2. The van der Waals surface area contributed by atoms with Crippen LogP contribution in [0.5, 0.6) is 0 Å². The van der Waals surface area contributed by atoms with E-state index in [-0.39, 0.29) is 6.04 Å². The van der Waals surface area contributed by atoms with Gasteiger partial charge in [-0.2, -0.15) is 0 Å². The van der Waals surface area contributed by atoms with E-state index in [0.717, 1.165) is 12.8 Å². The van der Waals surface area contributed by atoms with Gasteiger partial charge in [0.25, 0.3) is 0 Å². The minimum Gasteiger partial charge on any atom is -0.384 e. The lowest BCUT2D eigenvalue weighted by Crippen LogP contribution is -2.45. The molecule has 0 saturated carbocycles. The summed E-state index contributed by atoms with van der Waals surface area (Å²) in [7, 11) is 0. The van der Waals surface area contributed by atoms with Gasteiger partial charge in [0, 0.05) is 6.04 Å². The fraction of sp³-hybridized carbons (Fsp3) is 0.714. The Morgan fingerprint density at radius 3 is 2.78 bits per heavy atom. The molecular formula is C7H13NO. The van der Waals surface area contributed by atoms with E-state index in [1.807, 2.05) is 6.08 Å². The Labute approximate surface area is 55.4 Å². The molecule has 0 spiro atoms. The van der Waals surface area contributed by atoms with Gasteiger partial charge in [0.2, 0.25) is 0 Å². The van der Waals surface area contributed by atoms with E-state index >= 15 is 0 Å². The highest BCUT2D eigenvalue weighted by Crippen LogP contribution is 2.19. The lowest BCUT2D eigenvalue weighted by molar-refractivity contribution is 0.0739. The van der Waals surface area contributed by atoms with Crippen molar-refractivity contribution in [2.24, 2.45) is 5.73 Å². The van der Waals surface area contributed by atoms with Crippen molar-refractivity contribution in [1.29, 1.82) is 0 Å². The molecule has 0 bridgehead atoms.